The van der Waals surface area contributed by atoms with Gasteiger partial charge in [0.25, 0.3) is 0 Å². The molecule has 1 aliphatic rings. The first kappa shape index (κ1) is 12.4. The van der Waals surface area contributed by atoms with Crippen LogP contribution in [0.25, 0.3) is 0 Å². The van der Waals surface area contributed by atoms with E-state index in [9.17, 15) is 8.42 Å². The Morgan fingerprint density at radius 1 is 1.67 bits per heavy atom. The molecule has 0 bridgehead atoms. The molecule has 86 valence electrons. The highest BCUT2D eigenvalue weighted by Crippen LogP contribution is 2.17. The van der Waals surface area contributed by atoms with Crippen LogP contribution in [0.1, 0.15) is 26.2 Å². The molecule has 1 fully saturated rings. The predicted molar refractivity (Wildman–Crippen MR) is 57.4 cm³/mol. The summed E-state index contributed by atoms with van der Waals surface area (Å²) < 4.78 is 25.2. The molecule has 1 rings (SSSR count). The van der Waals surface area contributed by atoms with Crippen molar-refractivity contribution in [2.75, 3.05) is 13.1 Å². The van der Waals surface area contributed by atoms with E-state index in [2.05, 4.69) is 0 Å². The minimum atomic E-state index is -3.46. The second-order valence-electron chi connectivity index (χ2n) is 3.83. The molecule has 0 amide bonds. The van der Waals surface area contributed by atoms with Crippen LogP contribution >= 0.6 is 0 Å². The Morgan fingerprint density at radius 2 is 2.33 bits per heavy atom. The van der Waals surface area contributed by atoms with Crippen LogP contribution in [-0.4, -0.2) is 37.1 Å². The lowest BCUT2D eigenvalue weighted by Gasteiger charge is -2.31. The molecular formula is C9H17N3O2S. The lowest BCUT2D eigenvalue weighted by molar-refractivity contribution is 0.314. The topological polar surface area (TPSA) is 87.2 Å². The minimum absolute atomic E-state index is 0.0928. The standard InChI is InChI=1S/C9H17N3O2S/c1-2-9(6-10)15(13,14)12-5-3-4-8(11)7-12/h8-9H,2-5,7,11H2,1H3/t8-,9?/m1/s1. The van der Waals surface area contributed by atoms with Crippen LogP contribution in [0.3, 0.4) is 0 Å². The van der Waals surface area contributed by atoms with E-state index >= 15 is 0 Å². The SMILES string of the molecule is CCC(C#N)S(=O)(=O)N1CCC[C@@H](N)C1. The number of piperidine rings is 1. The van der Waals surface area contributed by atoms with Crippen LogP contribution in [-0.2, 0) is 10.0 Å². The van der Waals surface area contributed by atoms with E-state index in [1.807, 2.05) is 6.07 Å². The second kappa shape index (κ2) is 4.92. The zero-order chi connectivity index (χ0) is 11.5. The molecule has 0 radical (unpaired) electrons. The Morgan fingerprint density at radius 3 is 2.80 bits per heavy atom. The van der Waals surface area contributed by atoms with Gasteiger partial charge in [0.1, 0.15) is 0 Å². The first-order valence-electron chi connectivity index (χ1n) is 5.16. The highest BCUT2D eigenvalue weighted by molar-refractivity contribution is 7.90. The second-order valence-corrected chi connectivity index (χ2v) is 5.95. The van der Waals surface area contributed by atoms with E-state index in [0.717, 1.165) is 12.8 Å². The van der Waals surface area contributed by atoms with Gasteiger partial charge in [0.15, 0.2) is 5.25 Å². The number of nitriles is 1. The molecule has 1 saturated heterocycles. The molecule has 6 heteroatoms. The quantitative estimate of drug-likeness (QED) is 0.743. The number of sulfonamides is 1. The fourth-order valence-corrected chi connectivity index (χ4v) is 3.45. The minimum Gasteiger partial charge on any atom is -0.327 e. The highest BCUT2D eigenvalue weighted by atomic mass is 32.2. The first-order valence-corrected chi connectivity index (χ1v) is 6.66. The summed E-state index contributed by atoms with van der Waals surface area (Å²) in [5.41, 5.74) is 5.72. The van der Waals surface area contributed by atoms with Crippen molar-refractivity contribution in [2.24, 2.45) is 5.73 Å². The van der Waals surface area contributed by atoms with Crippen molar-refractivity contribution in [1.82, 2.24) is 4.31 Å². The van der Waals surface area contributed by atoms with Gasteiger partial charge in [-0.2, -0.15) is 9.57 Å². The van der Waals surface area contributed by atoms with E-state index in [1.165, 1.54) is 4.31 Å². The molecule has 1 aliphatic heterocycles. The summed E-state index contributed by atoms with van der Waals surface area (Å²) in [6.07, 6.45) is 1.96. The third kappa shape index (κ3) is 2.68. The van der Waals surface area contributed by atoms with Gasteiger partial charge >= 0.3 is 0 Å². The zero-order valence-corrected chi connectivity index (χ0v) is 9.70. The van der Waals surface area contributed by atoms with Gasteiger partial charge in [-0.1, -0.05) is 6.92 Å². The van der Waals surface area contributed by atoms with Gasteiger partial charge in [0, 0.05) is 19.1 Å². The van der Waals surface area contributed by atoms with Crippen molar-refractivity contribution < 1.29 is 8.42 Å². The van der Waals surface area contributed by atoms with Gasteiger partial charge in [-0.25, -0.2) is 8.42 Å². The summed E-state index contributed by atoms with van der Waals surface area (Å²) in [7, 11) is -3.46. The average Bonchev–Trinajstić information content (AvgIpc) is 2.19. The van der Waals surface area contributed by atoms with Gasteiger partial charge in [0.05, 0.1) is 6.07 Å². The molecule has 0 spiro atoms. The summed E-state index contributed by atoms with van der Waals surface area (Å²) in [6.45, 7) is 2.55. The molecule has 2 atom stereocenters. The third-order valence-electron chi connectivity index (χ3n) is 2.65. The van der Waals surface area contributed by atoms with Gasteiger partial charge < -0.3 is 5.73 Å². The molecule has 1 heterocycles. The van der Waals surface area contributed by atoms with Crippen LogP contribution in [0.15, 0.2) is 0 Å². The van der Waals surface area contributed by atoms with Crippen molar-refractivity contribution in [3.63, 3.8) is 0 Å². The number of hydrogen-bond donors (Lipinski definition) is 1. The van der Waals surface area contributed by atoms with Crippen molar-refractivity contribution in [2.45, 2.75) is 37.5 Å². The number of rotatable bonds is 3. The molecule has 0 aliphatic carbocycles. The molecule has 0 aromatic carbocycles. The molecular weight excluding hydrogens is 214 g/mol. The zero-order valence-electron chi connectivity index (χ0n) is 8.89. The Balaban J connectivity index is 2.81. The van der Waals surface area contributed by atoms with E-state index in [0.29, 0.717) is 19.5 Å². The van der Waals surface area contributed by atoms with Crippen LogP contribution < -0.4 is 5.73 Å². The Labute approximate surface area is 90.9 Å². The molecule has 2 N–H and O–H groups in total. The van der Waals surface area contributed by atoms with Crippen LogP contribution in [0.4, 0.5) is 0 Å². The van der Waals surface area contributed by atoms with Crippen molar-refractivity contribution in [3.05, 3.63) is 0 Å². The lowest BCUT2D eigenvalue weighted by atomic mass is 10.1. The normalized spacial score (nSPS) is 25.8. The summed E-state index contributed by atoms with van der Waals surface area (Å²) in [5, 5.41) is 7.84. The summed E-state index contributed by atoms with van der Waals surface area (Å²) >= 11 is 0. The number of nitrogens with two attached hydrogens (primary N) is 1. The Bertz CT molecular complexity index is 347. The van der Waals surface area contributed by atoms with Crippen LogP contribution in [0.2, 0.25) is 0 Å². The van der Waals surface area contributed by atoms with Crippen molar-refractivity contribution >= 4 is 10.0 Å². The fraction of sp³-hybridized carbons (Fsp3) is 0.889. The van der Waals surface area contributed by atoms with E-state index in [1.54, 1.807) is 6.92 Å². The smallest absolute Gasteiger partial charge is 0.230 e. The summed E-state index contributed by atoms with van der Waals surface area (Å²) in [4.78, 5) is 0. The molecule has 0 aromatic heterocycles. The van der Waals surface area contributed by atoms with Gasteiger partial charge in [-0.3, -0.25) is 0 Å². The Hall–Kier alpha value is -0.640. The van der Waals surface area contributed by atoms with Crippen LogP contribution in [0, 0.1) is 11.3 Å². The number of hydrogen-bond acceptors (Lipinski definition) is 4. The van der Waals surface area contributed by atoms with E-state index < -0.39 is 15.3 Å². The molecule has 1 unspecified atom stereocenters. The summed E-state index contributed by atoms with van der Waals surface area (Å²) in [5.74, 6) is 0. The fourth-order valence-electron chi connectivity index (χ4n) is 1.75. The van der Waals surface area contributed by atoms with Crippen molar-refractivity contribution in [1.29, 1.82) is 5.26 Å². The van der Waals surface area contributed by atoms with E-state index in [4.69, 9.17) is 11.0 Å². The van der Waals surface area contributed by atoms with Crippen LogP contribution in [0.5, 0.6) is 0 Å². The summed E-state index contributed by atoms with van der Waals surface area (Å²) in [6, 6.07) is 1.74. The van der Waals surface area contributed by atoms with Crippen molar-refractivity contribution in [3.8, 4) is 6.07 Å². The molecule has 5 nitrogen and oxygen atoms in total. The Kier molecular flexibility index (Phi) is 4.08. The first-order chi connectivity index (χ1) is 7.02. The maximum atomic E-state index is 11.9. The highest BCUT2D eigenvalue weighted by Gasteiger charge is 2.33. The molecule has 0 saturated carbocycles. The van der Waals surface area contributed by atoms with Gasteiger partial charge in [-0.05, 0) is 19.3 Å². The third-order valence-corrected chi connectivity index (χ3v) is 4.86. The molecule has 15 heavy (non-hydrogen) atoms. The van der Waals surface area contributed by atoms with E-state index in [-0.39, 0.29) is 6.04 Å². The van der Waals surface area contributed by atoms with Gasteiger partial charge in [-0.15, -0.1) is 0 Å². The largest absolute Gasteiger partial charge is 0.327 e. The molecule has 0 aromatic rings. The maximum Gasteiger partial charge on any atom is 0.230 e. The predicted octanol–water partition coefficient (Wildman–Crippen LogP) is 0.0415. The number of nitrogens with zero attached hydrogens (tertiary/aromatic N) is 2. The average molecular weight is 231 g/mol. The monoisotopic (exact) mass is 231 g/mol. The van der Waals surface area contributed by atoms with Gasteiger partial charge in [0.2, 0.25) is 10.0 Å². The maximum absolute atomic E-state index is 11.9. The lowest BCUT2D eigenvalue weighted by Crippen LogP contribution is -2.48.